The lowest BCUT2D eigenvalue weighted by Gasteiger charge is -2.37. The number of nitrogens with zero attached hydrogens (tertiary/aromatic N) is 3. The van der Waals surface area contributed by atoms with Gasteiger partial charge in [0.1, 0.15) is 17.3 Å². The van der Waals surface area contributed by atoms with Crippen LogP contribution in [0.3, 0.4) is 0 Å². The zero-order valence-corrected chi connectivity index (χ0v) is 22.7. The molecule has 3 aromatic rings. The van der Waals surface area contributed by atoms with Gasteiger partial charge in [0, 0.05) is 72.5 Å². The quantitative estimate of drug-likeness (QED) is 0.340. The Hall–Kier alpha value is -3.71. The van der Waals surface area contributed by atoms with Crippen LogP contribution in [-0.2, 0) is 17.9 Å². The summed E-state index contributed by atoms with van der Waals surface area (Å²) in [6.07, 6.45) is 3.22. The van der Waals surface area contributed by atoms with Crippen molar-refractivity contribution < 1.29 is 18.7 Å². The van der Waals surface area contributed by atoms with Crippen LogP contribution in [0.5, 0.6) is 5.75 Å². The Labute approximate surface area is 228 Å². The Balaban J connectivity index is 1.34. The first-order chi connectivity index (χ1) is 18.9. The molecule has 2 aliphatic rings. The van der Waals surface area contributed by atoms with E-state index in [1.807, 2.05) is 44.2 Å². The Bertz CT molecular complexity index is 1430. The molecule has 0 N–H and O–H groups in total. The number of fused-ring (bicyclic) bond motifs is 1. The number of pyridine rings is 1. The van der Waals surface area contributed by atoms with Gasteiger partial charge in [0.2, 0.25) is 0 Å². The van der Waals surface area contributed by atoms with Crippen molar-refractivity contribution in [1.82, 2.24) is 9.88 Å². The molecule has 2 aliphatic heterocycles. The molecule has 7 heteroatoms. The van der Waals surface area contributed by atoms with Crippen molar-refractivity contribution in [2.75, 3.05) is 20.2 Å². The minimum atomic E-state index is -0.328. The number of carbonyl (C=O) groups excluding carboxylic acids is 2. The summed E-state index contributed by atoms with van der Waals surface area (Å²) in [6.45, 7) is 5.92. The number of rotatable bonds is 9. The summed E-state index contributed by atoms with van der Waals surface area (Å²) in [5, 5.41) is 0. The van der Waals surface area contributed by atoms with Gasteiger partial charge in [-0.1, -0.05) is 25.1 Å². The van der Waals surface area contributed by atoms with Gasteiger partial charge >= 0.3 is 0 Å². The van der Waals surface area contributed by atoms with E-state index in [0.29, 0.717) is 62.3 Å². The van der Waals surface area contributed by atoms with Gasteiger partial charge in [-0.05, 0) is 55.2 Å². The summed E-state index contributed by atoms with van der Waals surface area (Å²) in [5.41, 5.74) is 6.03. The van der Waals surface area contributed by atoms with Crippen LogP contribution in [0, 0.1) is 24.6 Å². The third kappa shape index (κ3) is 5.83. The number of hydrogen-bond acceptors (Lipinski definition) is 6. The molecule has 0 aliphatic carbocycles. The number of methoxy groups -OCH3 is 1. The summed E-state index contributed by atoms with van der Waals surface area (Å²) in [4.78, 5) is 37.4. The molecule has 1 aromatic heterocycles. The normalized spacial score (nSPS) is 18.9. The molecular weight excluding hydrogens is 493 g/mol. The van der Waals surface area contributed by atoms with Gasteiger partial charge in [0.25, 0.3) is 0 Å². The van der Waals surface area contributed by atoms with Crippen LogP contribution in [0.1, 0.15) is 64.5 Å². The van der Waals surface area contributed by atoms with Crippen LogP contribution in [0.4, 0.5) is 4.39 Å². The molecule has 5 rings (SSSR count). The Morgan fingerprint density at radius 1 is 1.13 bits per heavy atom. The first kappa shape index (κ1) is 26.9. The van der Waals surface area contributed by atoms with Gasteiger partial charge in [0.15, 0.2) is 5.78 Å². The maximum Gasteiger partial charge on any atom is 0.163 e. The molecule has 2 aromatic carbocycles. The van der Waals surface area contributed by atoms with Crippen molar-refractivity contribution in [2.45, 2.75) is 46.2 Å². The van der Waals surface area contributed by atoms with Gasteiger partial charge in [-0.2, -0.15) is 0 Å². The lowest BCUT2D eigenvalue weighted by atomic mass is 9.82. The third-order valence-corrected chi connectivity index (χ3v) is 7.83. The van der Waals surface area contributed by atoms with E-state index in [2.05, 4.69) is 9.88 Å². The number of Topliss-reactive ketones (excluding diaryl/α,β-unsaturated/α-hetero) is 2. The van der Waals surface area contributed by atoms with Crippen LogP contribution in [0.25, 0.3) is 0 Å². The molecule has 0 spiro atoms. The summed E-state index contributed by atoms with van der Waals surface area (Å²) < 4.78 is 20.1. The monoisotopic (exact) mass is 527 g/mol. The Kier molecular flexibility index (Phi) is 7.98. The highest BCUT2D eigenvalue weighted by molar-refractivity contribution is 6.16. The van der Waals surface area contributed by atoms with Gasteiger partial charge < -0.3 is 4.74 Å². The lowest BCUT2D eigenvalue weighted by Crippen LogP contribution is -2.43. The molecule has 6 nitrogen and oxygen atoms in total. The minimum absolute atomic E-state index is 0.00578. The predicted octanol–water partition coefficient (Wildman–Crippen LogP) is 5.58. The lowest BCUT2D eigenvalue weighted by molar-refractivity contribution is -0.125. The minimum Gasteiger partial charge on any atom is -0.496 e. The summed E-state index contributed by atoms with van der Waals surface area (Å²) >= 11 is 0. The van der Waals surface area contributed by atoms with Crippen molar-refractivity contribution in [3.05, 3.63) is 94.1 Å². The zero-order chi connectivity index (χ0) is 27.5. The highest BCUT2D eigenvalue weighted by Crippen LogP contribution is 2.32. The third-order valence-electron chi connectivity index (χ3n) is 7.83. The molecule has 1 saturated heterocycles. The molecule has 39 heavy (non-hydrogen) atoms. The molecule has 2 unspecified atom stereocenters. The molecular formula is C32H34FN3O3. The number of aromatic nitrogens is 1. The first-order valence-electron chi connectivity index (χ1n) is 13.6. The van der Waals surface area contributed by atoms with Gasteiger partial charge in [0.05, 0.1) is 19.4 Å². The molecule has 1 fully saturated rings. The zero-order valence-electron chi connectivity index (χ0n) is 22.7. The number of piperidine rings is 1. The van der Waals surface area contributed by atoms with Gasteiger partial charge in [-0.3, -0.25) is 24.5 Å². The fourth-order valence-corrected chi connectivity index (χ4v) is 5.89. The second kappa shape index (κ2) is 11.6. The van der Waals surface area contributed by atoms with Crippen LogP contribution >= 0.6 is 0 Å². The molecule has 0 radical (unpaired) electrons. The van der Waals surface area contributed by atoms with E-state index >= 15 is 0 Å². The van der Waals surface area contributed by atoms with Crippen molar-refractivity contribution in [3.63, 3.8) is 0 Å². The fourth-order valence-electron chi connectivity index (χ4n) is 5.89. The van der Waals surface area contributed by atoms with Crippen LogP contribution in [0.2, 0.25) is 0 Å². The number of benzene rings is 2. The summed E-state index contributed by atoms with van der Waals surface area (Å²) in [6, 6.07) is 14.6. The second-order valence-electron chi connectivity index (χ2n) is 10.6. The topological polar surface area (TPSA) is 71.9 Å². The number of aryl methyl sites for hydroxylation is 1. The van der Waals surface area contributed by atoms with Crippen LogP contribution in [0.15, 0.2) is 59.7 Å². The SMILES string of the molecule is CCC(=O)C1CC(CC(=O)c2ccc3c(c2)C(c2ccnc(C)c2)=NC3)CN(Cc2c(F)cccc2OC)C1. The first-order valence-corrected chi connectivity index (χ1v) is 13.6. The average molecular weight is 528 g/mol. The number of aliphatic imine (C=N–C) groups is 1. The maximum absolute atomic E-state index is 14.7. The fraction of sp³-hybridized carbons (Fsp3) is 0.375. The number of carbonyl (C=O) groups is 2. The number of halogens is 1. The van der Waals surface area contributed by atoms with E-state index in [0.717, 1.165) is 28.1 Å². The molecule has 0 saturated carbocycles. The Morgan fingerprint density at radius 2 is 1.97 bits per heavy atom. The van der Waals surface area contributed by atoms with Crippen molar-refractivity contribution >= 4 is 17.3 Å². The highest BCUT2D eigenvalue weighted by atomic mass is 19.1. The summed E-state index contributed by atoms with van der Waals surface area (Å²) in [7, 11) is 1.53. The van der Waals surface area contributed by atoms with Gasteiger partial charge in [-0.25, -0.2) is 4.39 Å². The van der Waals surface area contributed by atoms with Crippen molar-refractivity contribution in [2.24, 2.45) is 16.8 Å². The predicted molar refractivity (Wildman–Crippen MR) is 149 cm³/mol. The standard InChI is InChI=1S/C32H34FN3O3/c1-4-29(37)25-13-21(17-36(18-25)19-27-28(33)6-5-7-31(27)39-3)14-30(38)22-8-9-24-16-35-32(26(24)15-22)23-10-11-34-20(2)12-23/h5-12,15,21,25H,4,13-14,16-19H2,1-3H3. The van der Waals surface area contributed by atoms with Crippen LogP contribution < -0.4 is 4.74 Å². The number of hydrogen-bond donors (Lipinski definition) is 0. The molecule has 2 atom stereocenters. The van der Waals surface area contributed by atoms with Crippen molar-refractivity contribution in [1.29, 1.82) is 0 Å². The van der Waals surface area contributed by atoms with Crippen LogP contribution in [-0.4, -0.2) is 47.4 Å². The highest BCUT2D eigenvalue weighted by Gasteiger charge is 2.33. The second-order valence-corrected chi connectivity index (χ2v) is 10.6. The van der Waals surface area contributed by atoms with E-state index in [-0.39, 0.29) is 29.2 Å². The van der Waals surface area contributed by atoms with Gasteiger partial charge in [-0.15, -0.1) is 0 Å². The van der Waals surface area contributed by atoms with E-state index in [1.54, 1.807) is 18.3 Å². The van der Waals surface area contributed by atoms with E-state index < -0.39 is 0 Å². The molecule has 0 amide bonds. The van der Waals surface area contributed by atoms with E-state index in [9.17, 15) is 14.0 Å². The summed E-state index contributed by atoms with van der Waals surface area (Å²) in [5.74, 6) is 0.218. The smallest absolute Gasteiger partial charge is 0.163 e. The number of ketones is 2. The molecule has 202 valence electrons. The molecule has 3 heterocycles. The Morgan fingerprint density at radius 3 is 2.74 bits per heavy atom. The number of likely N-dealkylation sites (tertiary alicyclic amines) is 1. The average Bonchev–Trinajstić information content (AvgIpc) is 3.37. The number of ether oxygens (including phenoxy) is 1. The maximum atomic E-state index is 14.7. The molecule has 0 bridgehead atoms. The van der Waals surface area contributed by atoms with E-state index in [1.165, 1.54) is 13.2 Å². The largest absolute Gasteiger partial charge is 0.496 e. The van der Waals surface area contributed by atoms with E-state index in [4.69, 9.17) is 9.73 Å². The van der Waals surface area contributed by atoms with Crippen molar-refractivity contribution in [3.8, 4) is 5.75 Å².